The van der Waals surface area contributed by atoms with Crippen LogP contribution in [0, 0.1) is 0 Å². The number of halogens is 1. The van der Waals surface area contributed by atoms with Crippen LogP contribution in [0.4, 0.5) is 4.39 Å². The molecular formula is C14H21FO6. The molecule has 5 atom stereocenters. The van der Waals surface area contributed by atoms with Crippen LogP contribution in [0.1, 0.15) is 20.3 Å². The Balaban J connectivity index is 2.30. The number of esters is 1. The summed E-state index contributed by atoms with van der Waals surface area (Å²) < 4.78 is 41.3. The van der Waals surface area contributed by atoms with E-state index in [0.717, 1.165) is 0 Å². The lowest BCUT2D eigenvalue weighted by atomic mass is 9.90. The number of alkyl halides is 1. The van der Waals surface area contributed by atoms with Gasteiger partial charge in [-0.15, -0.1) is 0 Å². The molecule has 0 N–H and O–H groups in total. The van der Waals surface area contributed by atoms with E-state index in [4.69, 9.17) is 18.9 Å². The van der Waals surface area contributed by atoms with Gasteiger partial charge in [-0.1, -0.05) is 0 Å². The second-order valence-electron chi connectivity index (χ2n) is 5.37. The summed E-state index contributed by atoms with van der Waals surface area (Å²) in [7, 11) is 4.14. The smallest absolute Gasteiger partial charge is 0.333 e. The molecule has 1 heterocycles. The zero-order chi connectivity index (χ0) is 15.8. The molecule has 1 saturated heterocycles. The van der Waals surface area contributed by atoms with Crippen molar-refractivity contribution in [3.63, 3.8) is 0 Å². The van der Waals surface area contributed by atoms with Gasteiger partial charge in [0.05, 0.1) is 13.2 Å². The number of carbonyl (C=O) groups excluding carboxylic acids is 1. The Morgan fingerprint density at radius 2 is 1.81 bits per heavy atom. The SMILES string of the molecule is COC(=O)C1=C[C@H](F)[C@H]2O[C@](C)(OC)[C@@](C)(OC)O[C@@H]2C1. The maximum atomic E-state index is 14.3. The normalized spacial score (nSPS) is 43.0. The Kier molecular flexibility index (Phi) is 4.39. The van der Waals surface area contributed by atoms with Crippen molar-refractivity contribution in [1.82, 2.24) is 0 Å². The van der Waals surface area contributed by atoms with Gasteiger partial charge < -0.3 is 23.7 Å². The number of fused-ring (bicyclic) bond motifs is 1. The summed E-state index contributed by atoms with van der Waals surface area (Å²) in [6.45, 7) is 3.27. The fourth-order valence-corrected chi connectivity index (χ4v) is 2.65. The molecule has 120 valence electrons. The highest BCUT2D eigenvalue weighted by molar-refractivity contribution is 5.88. The fraction of sp³-hybridized carbons (Fsp3) is 0.786. The third-order valence-electron chi connectivity index (χ3n) is 4.25. The van der Waals surface area contributed by atoms with Crippen LogP contribution in [0.3, 0.4) is 0 Å². The van der Waals surface area contributed by atoms with E-state index in [1.165, 1.54) is 27.4 Å². The van der Waals surface area contributed by atoms with Crippen LogP contribution < -0.4 is 0 Å². The van der Waals surface area contributed by atoms with Crippen LogP contribution in [0.2, 0.25) is 0 Å². The molecule has 1 fully saturated rings. The van der Waals surface area contributed by atoms with Gasteiger partial charge in [-0.25, -0.2) is 9.18 Å². The molecule has 2 aliphatic rings. The lowest BCUT2D eigenvalue weighted by Crippen LogP contribution is -2.67. The highest BCUT2D eigenvalue weighted by atomic mass is 19.1. The lowest BCUT2D eigenvalue weighted by Gasteiger charge is -2.53. The molecular weight excluding hydrogens is 283 g/mol. The second-order valence-corrected chi connectivity index (χ2v) is 5.37. The summed E-state index contributed by atoms with van der Waals surface area (Å²) in [6, 6.07) is 0. The summed E-state index contributed by atoms with van der Waals surface area (Å²) >= 11 is 0. The molecule has 7 heteroatoms. The molecule has 0 aromatic rings. The average Bonchev–Trinajstić information content (AvgIpc) is 2.48. The van der Waals surface area contributed by atoms with Crippen LogP contribution in [0.15, 0.2) is 11.6 Å². The van der Waals surface area contributed by atoms with Crippen molar-refractivity contribution >= 4 is 5.97 Å². The van der Waals surface area contributed by atoms with Gasteiger partial charge in [-0.3, -0.25) is 0 Å². The van der Waals surface area contributed by atoms with Gasteiger partial charge in [0.1, 0.15) is 12.3 Å². The third kappa shape index (κ3) is 2.59. The largest absolute Gasteiger partial charge is 0.466 e. The number of methoxy groups -OCH3 is 3. The van der Waals surface area contributed by atoms with E-state index in [2.05, 4.69) is 4.74 Å². The predicted octanol–water partition coefficient (Wildman–Crippen LogP) is 1.34. The topological polar surface area (TPSA) is 63.2 Å². The van der Waals surface area contributed by atoms with E-state index in [1.54, 1.807) is 13.8 Å². The van der Waals surface area contributed by atoms with E-state index in [9.17, 15) is 9.18 Å². The first-order valence-electron chi connectivity index (χ1n) is 6.69. The third-order valence-corrected chi connectivity index (χ3v) is 4.25. The highest BCUT2D eigenvalue weighted by Crippen LogP contribution is 2.43. The highest BCUT2D eigenvalue weighted by Gasteiger charge is 2.59. The summed E-state index contributed by atoms with van der Waals surface area (Å²) in [6.07, 6.45) is -1.62. The summed E-state index contributed by atoms with van der Waals surface area (Å²) in [5.41, 5.74) is 0.231. The molecule has 0 radical (unpaired) electrons. The fourth-order valence-electron chi connectivity index (χ4n) is 2.65. The minimum Gasteiger partial charge on any atom is -0.466 e. The van der Waals surface area contributed by atoms with Crippen molar-refractivity contribution in [2.45, 2.75) is 50.2 Å². The van der Waals surface area contributed by atoms with E-state index in [-0.39, 0.29) is 12.0 Å². The molecule has 0 saturated carbocycles. The summed E-state index contributed by atoms with van der Waals surface area (Å²) in [5, 5.41) is 0. The zero-order valence-electron chi connectivity index (χ0n) is 12.8. The number of hydrogen-bond donors (Lipinski definition) is 0. The molecule has 21 heavy (non-hydrogen) atoms. The number of ether oxygens (including phenoxy) is 5. The van der Waals surface area contributed by atoms with Gasteiger partial charge in [0.15, 0.2) is 0 Å². The van der Waals surface area contributed by atoms with E-state index in [0.29, 0.717) is 0 Å². The van der Waals surface area contributed by atoms with Crippen LogP contribution in [0.25, 0.3) is 0 Å². The monoisotopic (exact) mass is 304 g/mol. The zero-order valence-corrected chi connectivity index (χ0v) is 12.8. The number of hydrogen-bond acceptors (Lipinski definition) is 6. The van der Waals surface area contributed by atoms with Gasteiger partial charge in [0.2, 0.25) is 11.6 Å². The van der Waals surface area contributed by atoms with Crippen LogP contribution in [-0.4, -0.2) is 57.3 Å². The van der Waals surface area contributed by atoms with E-state index >= 15 is 0 Å². The molecule has 0 spiro atoms. The Labute approximate surface area is 123 Å². The van der Waals surface area contributed by atoms with Crippen molar-refractivity contribution < 1.29 is 32.9 Å². The van der Waals surface area contributed by atoms with Crippen molar-refractivity contribution in [3.8, 4) is 0 Å². The summed E-state index contributed by atoms with van der Waals surface area (Å²) in [4.78, 5) is 11.6. The molecule has 6 nitrogen and oxygen atoms in total. The quantitative estimate of drug-likeness (QED) is 0.733. The Morgan fingerprint density at radius 1 is 1.24 bits per heavy atom. The maximum Gasteiger partial charge on any atom is 0.333 e. The van der Waals surface area contributed by atoms with Crippen molar-refractivity contribution in [2.24, 2.45) is 0 Å². The minimum atomic E-state index is -1.49. The Bertz CT molecular complexity index is 453. The molecule has 1 aliphatic carbocycles. The second kappa shape index (κ2) is 5.64. The van der Waals surface area contributed by atoms with Crippen molar-refractivity contribution in [1.29, 1.82) is 0 Å². The minimum absolute atomic E-state index is 0.191. The summed E-state index contributed by atoms with van der Waals surface area (Å²) in [5.74, 6) is -3.05. The molecule has 0 amide bonds. The first-order chi connectivity index (χ1) is 9.80. The Morgan fingerprint density at radius 3 is 2.33 bits per heavy atom. The van der Waals surface area contributed by atoms with Crippen LogP contribution in [-0.2, 0) is 28.5 Å². The number of carbonyl (C=O) groups is 1. The van der Waals surface area contributed by atoms with Gasteiger partial charge >= 0.3 is 5.97 Å². The van der Waals surface area contributed by atoms with Crippen LogP contribution in [0.5, 0.6) is 0 Å². The molecule has 0 bridgehead atoms. The molecule has 0 unspecified atom stereocenters. The predicted molar refractivity (Wildman–Crippen MR) is 70.2 cm³/mol. The molecule has 1 aliphatic heterocycles. The number of rotatable bonds is 3. The van der Waals surface area contributed by atoms with E-state index in [1.807, 2.05) is 0 Å². The maximum absolute atomic E-state index is 14.3. The lowest BCUT2D eigenvalue weighted by molar-refractivity contribution is -0.451. The van der Waals surface area contributed by atoms with Gasteiger partial charge in [0.25, 0.3) is 0 Å². The first-order valence-corrected chi connectivity index (χ1v) is 6.69. The Hall–Kier alpha value is -1.02. The molecule has 0 aromatic carbocycles. The van der Waals surface area contributed by atoms with Crippen molar-refractivity contribution in [2.75, 3.05) is 21.3 Å². The molecule has 2 rings (SSSR count). The van der Waals surface area contributed by atoms with Gasteiger partial charge in [-0.2, -0.15) is 0 Å². The van der Waals surface area contributed by atoms with Gasteiger partial charge in [-0.05, 0) is 19.9 Å². The van der Waals surface area contributed by atoms with Gasteiger partial charge in [0, 0.05) is 26.2 Å². The van der Waals surface area contributed by atoms with Crippen molar-refractivity contribution in [3.05, 3.63) is 11.6 Å². The average molecular weight is 304 g/mol. The standard InChI is InChI=1S/C14H21FO6/c1-13(18-4)14(2,19-5)21-11-9(15)6-8(12(16)17-3)7-10(11)20-13/h6,9-11H,7H2,1-5H3/t9-,10+,11+,13-,14-/m0/s1. The van der Waals surface area contributed by atoms with Crippen LogP contribution >= 0.6 is 0 Å². The molecule has 0 aromatic heterocycles. The van der Waals surface area contributed by atoms with E-state index < -0.39 is 35.9 Å². The first kappa shape index (κ1) is 16.4.